The van der Waals surface area contributed by atoms with Crippen LogP contribution in [-0.4, -0.2) is 79.5 Å². The van der Waals surface area contributed by atoms with Gasteiger partial charge in [-0.15, -0.1) is 0 Å². The van der Waals surface area contributed by atoms with Gasteiger partial charge in [-0.25, -0.2) is 4.79 Å². The summed E-state index contributed by atoms with van der Waals surface area (Å²) in [4.78, 5) is 29.5. The van der Waals surface area contributed by atoms with Crippen LogP contribution in [0.2, 0.25) is 0 Å². The second kappa shape index (κ2) is 10.3. The molecule has 0 radical (unpaired) electrons. The fourth-order valence-corrected chi connectivity index (χ4v) is 3.02. The minimum atomic E-state index is -0.422. The molecule has 2 heterocycles. The number of amides is 1. The highest BCUT2D eigenvalue weighted by atomic mass is 16.5. The number of nitrogens with one attached hydrogen (secondary N) is 2. The van der Waals surface area contributed by atoms with E-state index in [4.69, 9.17) is 9.47 Å². The smallest absolute Gasteiger partial charge is 0.340 e. The van der Waals surface area contributed by atoms with Gasteiger partial charge in [0.1, 0.15) is 0 Å². The molecule has 1 fully saturated rings. The molecule has 146 valence electrons. The molecule has 26 heavy (non-hydrogen) atoms. The third-order valence-corrected chi connectivity index (χ3v) is 4.44. The number of aliphatic hydroxyl groups is 1. The Bertz CT molecular complexity index is 596. The third kappa shape index (κ3) is 5.82. The number of H-pyrrole nitrogens is 1. The van der Waals surface area contributed by atoms with E-state index in [-0.39, 0.29) is 31.5 Å². The lowest BCUT2D eigenvalue weighted by molar-refractivity contribution is -0.120. The first-order valence-electron chi connectivity index (χ1n) is 9.06. The molecule has 1 aliphatic rings. The van der Waals surface area contributed by atoms with E-state index in [9.17, 15) is 14.7 Å². The molecule has 3 N–H and O–H groups in total. The van der Waals surface area contributed by atoms with Crippen molar-refractivity contribution in [2.24, 2.45) is 5.92 Å². The highest BCUT2D eigenvalue weighted by Crippen LogP contribution is 2.15. The lowest BCUT2D eigenvalue weighted by atomic mass is 10.1. The molecule has 0 aliphatic carbocycles. The van der Waals surface area contributed by atoms with Crippen LogP contribution in [-0.2, 0) is 20.7 Å². The number of ether oxygens (including phenoxy) is 2. The van der Waals surface area contributed by atoms with E-state index in [2.05, 4.69) is 15.2 Å². The Hall–Kier alpha value is -1.90. The van der Waals surface area contributed by atoms with Crippen LogP contribution < -0.4 is 5.32 Å². The molecule has 0 aromatic carbocycles. The number of aryl methyl sites for hydroxylation is 1. The quantitative estimate of drug-likeness (QED) is 0.535. The Morgan fingerprint density at radius 3 is 2.81 bits per heavy atom. The van der Waals surface area contributed by atoms with Gasteiger partial charge in [0, 0.05) is 50.6 Å². The number of rotatable bonds is 9. The number of esters is 1. The van der Waals surface area contributed by atoms with Crippen molar-refractivity contribution in [2.45, 2.75) is 20.3 Å². The summed E-state index contributed by atoms with van der Waals surface area (Å²) in [5.74, 6) is -0.653. The van der Waals surface area contributed by atoms with E-state index in [1.54, 1.807) is 20.0 Å². The van der Waals surface area contributed by atoms with Crippen LogP contribution in [0.5, 0.6) is 0 Å². The highest BCUT2D eigenvalue weighted by Gasteiger charge is 2.21. The predicted octanol–water partition coefficient (Wildman–Crippen LogP) is 0.0992. The van der Waals surface area contributed by atoms with E-state index in [1.165, 1.54) is 0 Å². The van der Waals surface area contributed by atoms with Gasteiger partial charge in [-0.2, -0.15) is 0 Å². The maximum atomic E-state index is 12.3. The second-order valence-electron chi connectivity index (χ2n) is 6.49. The van der Waals surface area contributed by atoms with Crippen molar-refractivity contribution >= 4 is 11.9 Å². The molecule has 0 bridgehead atoms. The number of hydrogen-bond donors (Lipinski definition) is 3. The molecular weight excluding hydrogens is 338 g/mol. The largest absolute Gasteiger partial charge is 0.462 e. The molecule has 0 spiro atoms. The summed E-state index contributed by atoms with van der Waals surface area (Å²) < 4.78 is 10.4. The number of carbonyl (C=O) groups excluding carboxylic acids is 2. The maximum Gasteiger partial charge on any atom is 0.340 e. The van der Waals surface area contributed by atoms with Gasteiger partial charge in [0.05, 0.1) is 31.8 Å². The zero-order chi connectivity index (χ0) is 18.9. The topological polar surface area (TPSA) is 104 Å². The van der Waals surface area contributed by atoms with Crippen LogP contribution >= 0.6 is 0 Å². The number of aliphatic hydroxyl groups excluding tert-OH is 1. The van der Waals surface area contributed by atoms with Gasteiger partial charge in [0.25, 0.3) is 0 Å². The normalized spacial score (nSPS) is 16.3. The fourth-order valence-electron chi connectivity index (χ4n) is 3.02. The van der Waals surface area contributed by atoms with Gasteiger partial charge in [0.15, 0.2) is 0 Å². The monoisotopic (exact) mass is 367 g/mol. The Balaban J connectivity index is 1.85. The maximum absolute atomic E-state index is 12.3. The average molecular weight is 367 g/mol. The van der Waals surface area contributed by atoms with E-state index in [1.807, 2.05) is 0 Å². The SMILES string of the molecule is CCOC(=O)c1c(C)c[nH]c1CC(=O)NCC(CO)CN1CCOCC1. The molecule has 2 rings (SSSR count). The molecule has 1 atom stereocenters. The Morgan fingerprint density at radius 1 is 1.42 bits per heavy atom. The zero-order valence-corrected chi connectivity index (χ0v) is 15.5. The van der Waals surface area contributed by atoms with Crippen molar-refractivity contribution in [1.29, 1.82) is 0 Å². The van der Waals surface area contributed by atoms with Gasteiger partial charge < -0.3 is 24.9 Å². The van der Waals surface area contributed by atoms with Crippen LogP contribution in [0.25, 0.3) is 0 Å². The number of hydrogen-bond acceptors (Lipinski definition) is 6. The summed E-state index contributed by atoms with van der Waals surface area (Å²) >= 11 is 0. The van der Waals surface area contributed by atoms with Crippen molar-refractivity contribution in [3.63, 3.8) is 0 Å². The van der Waals surface area contributed by atoms with Gasteiger partial charge in [-0.05, 0) is 19.4 Å². The molecule has 8 heteroatoms. The van der Waals surface area contributed by atoms with E-state index in [0.717, 1.165) is 25.2 Å². The average Bonchev–Trinajstić information content (AvgIpc) is 3.00. The van der Waals surface area contributed by atoms with Crippen LogP contribution in [0.3, 0.4) is 0 Å². The summed E-state index contributed by atoms with van der Waals surface area (Å²) in [5, 5.41) is 12.4. The van der Waals surface area contributed by atoms with Crippen molar-refractivity contribution in [3.05, 3.63) is 23.0 Å². The van der Waals surface area contributed by atoms with Gasteiger partial charge in [-0.3, -0.25) is 9.69 Å². The Morgan fingerprint density at radius 2 is 2.15 bits per heavy atom. The third-order valence-electron chi connectivity index (χ3n) is 4.44. The first-order valence-corrected chi connectivity index (χ1v) is 9.06. The number of carbonyl (C=O) groups is 2. The van der Waals surface area contributed by atoms with Crippen molar-refractivity contribution in [1.82, 2.24) is 15.2 Å². The Kier molecular flexibility index (Phi) is 8.08. The second-order valence-corrected chi connectivity index (χ2v) is 6.49. The molecule has 1 unspecified atom stereocenters. The molecule has 1 aromatic rings. The molecule has 1 saturated heterocycles. The first kappa shape index (κ1) is 20.4. The zero-order valence-electron chi connectivity index (χ0n) is 15.5. The van der Waals surface area contributed by atoms with Gasteiger partial charge in [0.2, 0.25) is 5.91 Å². The van der Waals surface area contributed by atoms with Crippen LogP contribution in [0, 0.1) is 12.8 Å². The number of aromatic amines is 1. The summed E-state index contributed by atoms with van der Waals surface area (Å²) in [6, 6.07) is 0. The van der Waals surface area contributed by atoms with E-state index < -0.39 is 5.97 Å². The van der Waals surface area contributed by atoms with Crippen molar-refractivity contribution < 1.29 is 24.2 Å². The number of nitrogens with zero attached hydrogens (tertiary/aromatic N) is 1. The van der Waals surface area contributed by atoms with Crippen LogP contribution in [0.4, 0.5) is 0 Å². The molecule has 1 aromatic heterocycles. The summed E-state index contributed by atoms with van der Waals surface area (Å²) in [7, 11) is 0. The predicted molar refractivity (Wildman–Crippen MR) is 96.0 cm³/mol. The summed E-state index contributed by atoms with van der Waals surface area (Å²) in [6.07, 6.45) is 1.77. The lowest BCUT2D eigenvalue weighted by Crippen LogP contribution is -2.43. The summed E-state index contributed by atoms with van der Waals surface area (Å²) in [6.45, 7) is 8.04. The Labute approximate surface area is 153 Å². The van der Waals surface area contributed by atoms with Crippen molar-refractivity contribution in [2.75, 3.05) is 52.6 Å². The molecule has 0 saturated carbocycles. The van der Waals surface area contributed by atoms with Crippen molar-refractivity contribution in [3.8, 4) is 0 Å². The van der Waals surface area contributed by atoms with Crippen LogP contribution in [0.15, 0.2) is 6.20 Å². The molecule has 8 nitrogen and oxygen atoms in total. The van der Waals surface area contributed by atoms with Crippen LogP contribution in [0.1, 0.15) is 28.5 Å². The lowest BCUT2D eigenvalue weighted by Gasteiger charge is -2.29. The molecule has 1 aliphatic heterocycles. The fraction of sp³-hybridized carbons (Fsp3) is 0.667. The molecule has 1 amide bonds. The molecular formula is C18H29N3O5. The van der Waals surface area contributed by atoms with E-state index >= 15 is 0 Å². The summed E-state index contributed by atoms with van der Waals surface area (Å²) in [5.41, 5.74) is 1.73. The van der Waals surface area contributed by atoms with E-state index in [0.29, 0.717) is 31.0 Å². The number of aromatic nitrogens is 1. The minimum Gasteiger partial charge on any atom is -0.462 e. The highest BCUT2D eigenvalue weighted by molar-refractivity contribution is 5.94. The van der Waals surface area contributed by atoms with Gasteiger partial charge >= 0.3 is 5.97 Å². The number of morpholine rings is 1. The van der Waals surface area contributed by atoms with Gasteiger partial charge in [-0.1, -0.05) is 0 Å². The standard InChI is InChI=1S/C18H29N3O5/c1-3-26-18(24)17-13(2)9-19-15(17)8-16(23)20-10-14(12-22)11-21-4-6-25-7-5-21/h9,14,19,22H,3-8,10-12H2,1-2H3,(H,20,23). The minimum absolute atomic E-state index is 0.00727. The first-order chi connectivity index (χ1) is 12.5.